The van der Waals surface area contributed by atoms with Gasteiger partial charge in [0.1, 0.15) is 5.75 Å². The molecule has 7 rings (SSSR count). The first-order valence-corrected chi connectivity index (χ1v) is 15.5. The van der Waals surface area contributed by atoms with Crippen LogP contribution in [0.3, 0.4) is 0 Å². The summed E-state index contributed by atoms with van der Waals surface area (Å²) in [5.74, 6) is -1.45. The minimum Gasteiger partial charge on any atom is -0.493 e. The second kappa shape index (κ2) is 10.0. The number of benzene rings is 1. The van der Waals surface area contributed by atoms with Crippen molar-refractivity contribution in [1.82, 2.24) is 15.2 Å². The molecule has 3 atom stereocenters. The van der Waals surface area contributed by atoms with Gasteiger partial charge >= 0.3 is 0 Å². The van der Waals surface area contributed by atoms with Crippen LogP contribution in [0.4, 0.5) is 8.78 Å². The largest absolute Gasteiger partial charge is 0.493 e. The second-order valence-corrected chi connectivity index (χ2v) is 13.5. The highest BCUT2D eigenvalue weighted by Gasteiger charge is 2.56. The van der Waals surface area contributed by atoms with Crippen LogP contribution in [0.1, 0.15) is 92.7 Å². The third-order valence-corrected chi connectivity index (χ3v) is 10.9. The van der Waals surface area contributed by atoms with E-state index in [-0.39, 0.29) is 22.9 Å². The summed E-state index contributed by atoms with van der Waals surface area (Å²) in [5.41, 5.74) is 2.52. The molecule has 3 fully saturated rings. The number of ether oxygens (including phenoxy) is 1. The van der Waals surface area contributed by atoms with Crippen LogP contribution in [-0.4, -0.2) is 46.1 Å². The van der Waals surface area contributed by atoms with Crippen LogP contribution in [-0.2, 0) is 35.7 Å². The summed E-state index contributed by atoms with van der Waals surface area (Å²) in [6.07, 6.45) is 11.0. The minimum absolute atomic E-state index is 0.0866. The number of carbonyl (C=O) groups excluding carboxylic acids is 1. The van der Waals surface area contributed by atoms with Gasteiger partial charge in [0.2, 0.25) is 5.91 Å². The van der Waals surface area contributed by atoms with E-state index in [1.165, 1.54) is 11.8 Å². The summed E-state index contributed by atoms with van der Waals surface area (Å²) in [6, 6.07) is 8.37. The molecule has 0 radical (unpaired) electrons. The summed E-state index contributed by atoms with van der Waals surface area (Å²) in [7, 11) is 0. The number of aromatic nitrogens is 1. The van der Waals surface area contributed by atoms with Gasteiger partial charge in [0, 0.05) is 62.4 Å². The fourth-order valence-electron chi connectivity index (χ4n) is 8.61. The fourth-order valence-corrected chi connectivity index (χ4v) is 8.61. The summed E-state index contributed by atoms with van der Waals surface area (Å²) < 4.78 is 33.7. The Labute approximate surface area is 240 Å². The molecule has 1 aromatic heterocycles. The Morgan fingerprint density at radius 3 is 2.76 bits per heavy atom. The Hall–Kier alpha value is -2.58. The average Bonchev–Trinajstić information content (AvgIpc) is 3.67. The van der Waals surface area contributed by atoms with Crippen LogP contribution in [0.5, 0.6) is 5.75 Å². The molecule has 2 aromatic rings. The lowest BCUT2D eigenvalue weighted by Crippen LogP contribution is -2.47. The van der Waals surface area contributed by atoms with E-state index in [1.54, 1.807) is 6.07 Å². The van der Waals surface area contributed by atoms with Gasteiger partial charge in [-0.05, 0) is 86.1 Å². The molecule has 0 spiro atoms. The van der Waals surface area contributed by atoms with E-state index in [1.807, 2.05) is 11.0 Å². The number of hydrogen-bond acceptors (Lipinski definition) is 5. The quantitative estimate of drug-likeness (QED) is 0.509. The average molecular weight is 566 g/mol. The summed E-state index contributed by atoms with van der Waals surface area (Å²) >= 11 is 0. The van der Waals surface area contributed by atoms with E-state index in [0.29, 0.717) is 44.3 Å². The van der Waals surface area contributed by atoms with Gasteiger partial charge in [-0.25, -0.2) is 8.78 Å². The number of halogens is 2. The Bertz CT molecular complexity index is 1340. The number of nitrogens with one attached hydrogen (secondary N) is 1. The van der Waals surface area contributed by atoms with Crippen molar-refractivity contribution in [3.8, 4) is 5.75 Å². The molecule has 3 saturated carbocycles. The monoisotopic (exact) mass is 565 g/mol. The number of alkyl halides is 2. The number of nitrogens with zero attached hydrogens (tertiary/aromatic N) is 2. The third kappa shape index (κ3) is 4.85. The molecule has 1 amide bonds. The molecule has 220 valence electrons. The first kappa shape index (κ1) is 27.3. The van der Waals surface area contributed by atoms with Crippen molar-refractivity contribution in [2.45, 2.75) is 108 Å². The zero-order chi connectivity index (χ0) is 28.4. The molecule has 1 aromatic carbocycles. The van der Waals surface area contributed by atoms with Gasteiger partial charge in [-0.15, -0.1) is 0 Å². The fraction of sp³-hybridized carbons (Fsp3) is 0.636. The molecule has 0 saturated heterocycles. The maximum absolute atomic E-state index is 14.1. The lowest BCUT2D eigenvalue weighted by molar-refractivity contribution is -0.144. The Morgan fingerprint density at radius 2 is 1.95 bits per heavy atom. The highest BCUT2D eigenvalue weighted by atomic mass is 19.3. The number of hydrogen-bond donors (Lipinski definition) is 2. The number of rotatable bonds is 5. The minimum atomic E-state index is -2.95. The molecule has 2 N–H and O–H groups in total. The maximum Gasteiger partial charge on any atom is 0.272 e. The van der Waals surface area contributed by atoms with Gasteiger partial charge in [0.05, 0.1) is 17.6 Å². The van der Waals surface area contributed by atoms with Gasteiger partial charge in [-0.2, -0.15) is 0 Å². The topological polar surface area (TPSA) is 74.7 Å². The molecule has 3 heterocycles. The molecule has 0 bridgehead atoms. The lowest BCUT2D eigenvalue weighted by atomic mass is 9.77. The van der Waals surface area contributed by atoms with Crippen molar-refractivity contribution in [2.24, 2.45) is 11.3 Å². The normalized spacial score (nSPS) is 32.8. The molecule has 2 aliphatic heterocycles. The van der Waals surface area contributed by atoms with E-state index in [4.69, 9.17) is 4.74 Å². The molecule has 41 heavy (non-hydrogen) atoms. The van der Waals surface area contributed by atoms with Crippen LogP contribution in [0.25, 0.3) is 0 Å². The summed E-state index contributed by atoms with van der Waals surface area (Å²) in [6.45, 7) is 2.58. The number of aliphatic hydroxyl groups is 1. The van der Waals surface area contributed by atoms with Gasteiger partial charge in [-0.1, -0.05) is 18.6 Å². The molecular formula is C33H41F2N3O3. The second-order valence-electron chi connectivity index (χ2n) is 13.5. The Balaban J connectivity index is 0.995. The Morgan fingerprint density at radius 1 is 1.12 bits per heavy atom. The molecule has 3 aliphatic carbocycles. The molecule has 8 heteroatoms. The van der Waals surface area contributed by atoms with Gasteiger partial charge < -0.3 is 20.1 Å². The zero-order valence-corrected chi connectivity index (χ0v) is 23.9. The number of carbonyl (C=O) groups is 1. The van der Waals surface area contributed by atoms with Crippen LogP contribution < -0.4 is 10.1 Å². The predicted octanol–water partition coefficient (Wildman–Crippen LogP) is 5.38. The molecule has 6 nitrogen and oxygen atoms in total. The first-order valence-electron chi connectivity index (χ1n) is 15.5. The van der Waals surface area contributed by atoms with E-state index in [9.17, 15) is 18.7 Å². The van der Waals surface area contributed by atoms with Crippen LogP contribution in [0.2, 0.25) is 0 Å². The van der Waals surface area contributed by atoms with Crippen LogP contribution >= 0.6 is 0 Å². The summed E-state index contributed by atoms with van der Waals surface area (Å²) in [5, 5.41) is 15.4. The number of pyridine rings is 1. The van der Waals surface area contributed by atoms with Crippen LogP contribution in [0, 0.1) is 11.3 Å². The smallest absolute Gasteiger partial charge is 0.272 e. The highest BCUT2D eigenvalue weighted by molar-refractivity contribution is 5.84. The van der Waals surface area contributed by atoms with Crippen molar-refractivity contribution < 1.29 is 23.4 Å². The predicted molar refractivity (Wildman–Crippen MR) is 151 cm³/mol. The van der Waals surface area contributed by atoms with E-state index in [0.717, 1.165) is 87.5 Å². The van der Waals surface area contributed by atoms with Gasteiger partial charge in [-0.3, -0.25) is 9.78 Å². The van der Waals surface area contributed by atoms with Crippen molar-refractivity contribution in [3.05, 3.63) is 58.4 Å². The standard InChI is InChI=1S/C33H41F2N3O3/c1-31(34,35)25-15-22-20-38(13-8-28(22)36-19-25)30(39)32-10-2-3-23(32)16-27(18-32)37-26-6-11-33(40,12-7-26)24-5-4-21-9-14-41-29(21)17-24/h4-5,15,17,19,23,26-27,37,40H,2-3,6-14,16,18,20H2,1H3/t23-,26?,27-,32-,33?/m1/s1. The van der Waals surface area contributed by atoms with Crippen molar-refractivity contribution in [3.63, 3.8) is 0 Å². The molecule has 5 aliphatic rings. The van der Waals surface area contributed by atoms with E-state index in [2.05, 4.69) is 22.4 Å². The maximum atomic E-state index is 14.1. The van der Waals surface area contributed by atoms with Crippen LogP contribution in [0.15, 0.2) is 30.5 Å². The van der Waals surface area contributed by atoms with Crippen molar-refractivity contribution in [2.75, 3.05) is 13.2 Å². The number of fused-ring (bicyclic) bond motifs is 3. The van der Waals surface area contributed by atoms with Gasteiger partial charge in [0.15, 0.2) is 0 Å². The molecular weight excluding hydrogens is 524 g/mol. The SMILES string of the molecule is CC(F)(F)c1cnc2c(c1)CN(C(=O)[C@@]13CCC[C@@H]1C[C@@H](NC1CCC(O)(c4ccc5c(c4)OCC5)CC1)C3)CC2. The van der Waals surface area contributed by atoms with E-state index < -0.39 is 11.5 Å². The lowest BCUT2D eigenvalue weighted by Gasteiger charge is -2.39. The van der Waals surface area contributed by atoms with Crippen molar-refractivity contribution >= 4 is 5.91 Å². The first-order chi connectivity index (χ1) is 19.6. The highest BCUT2D eigenvalue weighted by Crippen LogP contribution is 2.56. The third-order valence-electron chi connectivity index (χ3n) is 10.9. The number of amides is 1. The Kier molecular flexibility index (Phi) is 6.66. The zero-order valence-electron chi connectivity index (χ0n) is 23.9. The molecule has 0 unspecified atom stereocenters. The van der Waals surface area contributed by atoms with Crippen molar-refractivity contribution in [1.29, 1.82) is 0 Å². The summed E-state index contributed by atoms with van der Waals surface area (Å²) in [4.78, 5) is 20.4. The van der Waals surface area contributed by atoms with Gasteiger partial charge in [0.25, 0.3) is 5.92 Å². The van der Waals surface area contributed by atoms with E-state index >= 15 is 0 Å².